The third-order valence-electron chi connectivity index (χ3n) is 5.07. The molecule has 10 nitrogen and oxygen atoms in total. The predicted molar refractivity (Wildman–Crippen MR) is 140 cm³/mol. The highest BCUT2D eigenvalue weighted by Crippen LogP contribution is 2.35. The molecule has 0 aliphatic heterocycles. The van der Waals surface area contributed by atoms with Crippen molar-refractivity contribution in [2.45, 2.75) is 6.92 Å². The van der Waals surface area contributed by atoms with E-state index in [0.717, 1.165) is 27.7 Å². The summed E-state index contributed by atoms with van der Waals surface area (Å²) in [6.45, 7) is 2.36. The average Bonchev–Trinajstić information content (AvgIpc) is 3.48. The van der Waals surface area contributed by atoms with Crippen molar-refractivity contribution in [3.05, 3.63) is 41.9 Å². The van der Waals surface area contributed by atoms with E-state index in [0.29, 0.717) is 30.4 Å². The van der Waals surface area contributed by atoms with Gasteiger partial charge in [-0.3, -0.25) is 4.79 Å². The van der Waals surface area contributed by atoms with Gasteiger partial charge in [0.05, 0.1) is 35.9 Å². The molecule has 1 N–H and O–H groups in total. The summed E-state index contributed by atoms with van der Waals surface area (Å²) in [4.78, 5) is 12.1. The standard InChI is InChI=1S/C22H23IN7O3P/c1-5-18-16-11-15(6-7-19(16)30(27-18)34-23)17-12-25-29(4)22(17)32-9-8-24-20(31)13-33-21-10-14(2)26-28(21)3/h1,6-7,10-12,34H,8-9,13H2,2-4H3,(H,24,31). The molecule has 4 rings (SSSR count). The van der Waals surface area contributed by atoms with Gasteiger partial charge in [0, 0.05) is 25.5 Å². The molecule has 176 valence electrons. The van der Waals surface area contributed by atoms with Gasteiger partial charge in [-0.25, -0.2) is 13.8 Å². The Morgan fingerprint density at radius 3 is 2.76 bits per heavy atom. The van der Waals surface area contributed by atoms with E-state index < -0.39 is 0 Å². The summed E-state index contributed by atoms with van der Waals surface area (Å²) >= 11 is 2.28. The lowest BCUT2D eigenvalue weighted by atomic mass is 10.1. The van der Waals surface area contributed by atoms with Gasteiger partial charge in [-0.2, -0.15) is 15.3 Å². The molecular formula is C22H23IN7O3P. The van der Waals surface area contributed by atoms with Crippen LogP contribution in [0.2, 0.25) is 0 Å². The van der Waals surface area contributed by atoms with Gasteiger partial charge in [0.1, 0.15) is 12.3 Å². The summed E-state index contributed by atoms with van der Waals surface area (Å²) < 4.78 is 16.6. The van der Waals surface area contributed by atoms with Gasteiger partial charge >= 0.3 is 0 Å². The molecule has 1 unspecified atom stereocenters. The van der Waals surface area contributed by atoms with Crippen LogP contribution >= 0.6 is 28.4 Å². The Labute approximate surface area is 211 Å². The Hall–Kier alpha value is -3.10. The molecule has 0 spiro atoms. The van der Waals surface area contributed by atoms with E-state index in [1.54, 1.807) is 28.7 Å². The second kappa shape index (κ2) is 10.4. The van der Waals surface area contributed by atoms with Crippen LogP contribution in [0.1, 0.15) is 11.4 Å². The summed E-state index contributed by atoms with van der Waals surface area (Å²) in [7, 11) is 3.57. The van der Waals surface area contributed by atoms with Crippen LogP contribution in [0.25, 0.3) is 22.0 Å². The van der Waals surface area contributed by atoms with Crippen LogP contribution in [0.5, 0.6) is 11.8 Å². The van der Waals surface area contributed by atoms with Crippen LogP contribution < -0.4 is 14.8 Å². The number of carbonyl (C=O) groups is 1. The number of hydrogen-bond acceptors (Lipinski definition) is 6. The van der Waals surface area contributed by atoms with Crippen molar-refractivity contribution in [3.8, 4) is 35.2 Å². The number of terminal acetylenes is 1. The summed E-state index contributed by atoms with van der Waals surface area (Å²) in [6, 6.07) is 7.79. The fraction of sp³-hybridized carbons (Fsp3) is 0.273. The van der Waals surface area contributed by atoms with Crippen LogP contribution in [0.3, 0.4) is 0 Å². The van der Waals surface area contributed by atoms with Crippen molar-refractivity contribution in [1.29, 1.82) is 0 Å². The zero-order chi connectivity index (χ0) is 24.2. The fourth-order valence-corrected chi connectivity index (χ4v) is 5.03. The zero-order valence-corrected chi connectivity index (χ0v) is 22.0. The lowest BCUT2D eigenvalue weighted by Crippen LogP contribution is -2.32. The Kier molecular flexibility index (Phi) is 7.38. The van der Waals surface area contributed by atoms with E-state index in [-0.39, 0.29) is 19.1 Å². The second-order valence-corrected chi connectivity index (χ2v) is 9.48. The summed E-state index contributed by atoms with van der Waals surface area (Å²) in [5.74, 6) is 3.56. The maximum absolute atomic E-state index is 12.1. The lowest BCUT2D eigenvalue weighted by Gasteiger charge is -2.11. The quantitative estimate of drug-likeness (QED) is 0.139. The van der Waals surface area contributed by atoms with Crippen LogP contribution in [-0.4, -0.2) is 54.8 Å². The second-order valence-electron chi connectivity index (χ2n) is 7.44. The maximum atomic E-state index is 12.1. The molecule has 4 aromatic rings. The van der Waals surface area contributed by atoms with Crippen molar-refractivity contribution in [1.82, 2.24) is 34.4 Å². The largest absolute Gasteiger partial charge is 0.476 e. The number of hydrogen-bond donors (Lipinski definition) is 1. The van der Waals surface area contributed by atoms with Crippen LogP contribution in [0, 0.1) is 19.3 Å². The number of carbonyl (C=O) groups excluding carboxylic acids is 1. The van der Waals surface area contributed by atoms with Crippen LogP contribution in [0.4, 0.5) is 0 Å². The molecule has 0 aliphatic rings. The van der Waals surface area contributed by atoms with Gasteiger partial charge in [-0.05, 0) is 52.6 Å². The monoisotopic (exact) mass is 591 g/mol. The molecular weight excluding hydrogens is 568 g/mol. The van der Waals surface area contributed by atoms with Gasteiger partial charge in [0.25, 0.3) is 5.91 Å². The number of ether oxygens (including phenoxy) is 2. The molecule has 0 saturated heterocycles. The number of fused-ring (bicyclic) bond motifs is 1. The Bertz CT molecular complexity index is 1390. The minimum absolute atomic E-state index is 0.0983. The molecule has 0 fully saturated rings. The first kappa shape index (κ1) is 24.0. The Morgan fingerprint density at radius 1 is 1.24 bits per heavy atom. The normalized spacial score (nSPS) is 11.3. The smallest absolute Gasteiger partial charge is 0.258 e. The third-order valence-corrected chi connectivity index (χ3v) is 6.94. The third kappa shape index (κ3) is 5.03. The van der Waals surface area contributed by atoms with Crippen LogP contribution in [-0.2, 0) is 18.9 Å². The SMILES string of the molecule is C#Cc1nn(PI)c2ccc(-c3cnn(C)c3OCCNC(=O)COc3cc(C)nn3C)cc12. The fourth-order valence-electron chi connectivity index (χ4n) is 3.50. The summed E-state index contributed by atoms with van der Waals surface area (Å²) in [6.07, 6.45) is 7.86. The summed E-state index contributed by atoms with van der Waals surface area (Å²) in [5, 5.41) is 16.7. The van der Waals surface area contributed by atoms with E-state index in [4.69, 9.17) is 15.9 Å². The highest BCUT2D eigenvalue weighted by molar-refractivity contribution is 14.2. The van der Waals surface area contributed by atoms with Gasteiger partial charge < -0.3 is 14.8 Å². The molecule has 3 aromatic heterocycles. The number of aryl methyl sites for hydroxylation is 3. The molecule has 12 heteroatoms. The number of halogens is 1. The molecule has 0 radical (unpaired) electrons. The average molecular weight is 591 g/mol. The first-order valence-electron chi connectivity index (χ1n) is 10.3. The molecule has 3 heterocycles. The van der Waals surface area contributed by atoms with Crippen molar-refractivity contribution in [3.63, 3.8) is 0 Å². The van der Waals surface area contributed by atoms with E-state index in [9.17, 15) is 4.79 Å². The van der Waals surface area contributed by atoms with E-state index in [2.05, 4.69) is 48.6 Å². The number of rotatable bonds is 9. The van der Waals surface area contributed by atoms with E-state index in [1.807, 2.05) is 36.6 Å². The number of amides is 1. The topological polar surface area (TPSA) is 101 Å². The van der Waals surface area contributed by atoms with Crippen molar-refractivity contribution in [2.75, 3.05) is 19.8 Å². The van der Waals surface area contributed by atoms with Crippen molar-refractivity contribution >= 4 is 45.2 Å². The minimum atomic E-state index is -0.243. The van der Waals surface area contributed by atoms with E-state index in [1.165, 1.54) is 0 Å². The van der Waals surface area contributed by atoms with Gasteiger partial charge in [-0.15, -0.1) is 6.42 Å². The molecule has 1 aromatic carbocycles. The van der Waals surface area contributed by atoms with E-state index >= 15 is 0 Å². The molecule has 34 heavy (non-hydrogen) atoms. The first-order valence-corrected chi connectivity index (χ1v) is 14.4. The molecule has 1 atom stereocenters. The number of nitrogens with zero attached hydrogens (tertiary/aromatic N) is 6. The van der Waals surface area contributed by atoms with Gasteiger partial charge in [0.2, 0.25) is 11.8 Å². The highest BCUT2D eigenvalue weighted by Gasteiger charge is 2.16. The molecule has 1 amide bonds. The maximum Gasteiger partial charge on any atom is 0.258 e. The predicted octanol–water partition coefficient (Wildman–Crippen LogP) is 2.83. The number of aromatic nitrogens is 6. The highest BCUT2D eigenvalue weighted by atomic mass is 127. The molecule has 0 bridgehead atoms. The van der Waals surface area contributed by atoms with Gasteiger partial charge in [-0.1, -0.05) is 6.07 Å². The number of nitrogens with one attached hydrogen (secondary N) is 1. The van der Waals surface area contributed by atoms with Crippen LogP contribution in [0.15, 0.2) is 30.5 Å². The Morgan fingerprint density at radius 2 is 2.06 bits per heavy atom. The van der Waals surface area contributed by atoms with Crippen molar-refractivity contribution < 1.29 is 14.3 Å². The minimum Gasteiger partial charge on any atom is -0.476 e. The number of benzene rings is 1. The molecule has 0 aliphatic carbocycles. The molecule has 0 saturated carbocycles. The Balaban J connectivity index is 1.38. The first-order chi connectivity index (χ1) is 16.4. The van der Waals surface area contributed by atoms with Crippen molar-refractivity contribution in [2.24, 2.45) is 14.1 Å². The summed E-state index contributed by atoms with van der Waals surface area (Å²) in [5.41, 5.74) is 4.18. The lowest BCUT2D eigenvalue weighted by molar-refractivity contribution is -0.123. The zero-order valence-electron chi connectivity index (χ0n) is 18.9. The van der Waals surface area contributed by atoms with Gasteiger partial charge in [0.15, 0.2) is 6.61 Å².